The summed E-state index contributed by atoms with van der Waals surface area (Å²) in [6.07, 6.45) is 0.232. The van der Waals surface area contributed by atoms with Crippen molar-refractivity contribution in [3.05, 3.63) is 53.1 Å². The lowest BCUT2D eigenvalue weighted by Crippen LogP contribution is -2.22. The number of hydrogen-bond donors (Lipinski definition) is 0. The number of carbonyl (C=O) groups excluding carboxylic acids is 1. The van der Waals surface area contributed by atoms with Gasteiger partial charge < -0.3 is 18.9 Å². The largest absolute Gasteiger partial charge is 0.496 e. The highest BCUT2D eigenvalue weighted by Crippen LogP contribution is 2.37. The summed E-state index contributed by atoms with van der Waals surface area (Å²) in [5, 5.41) is 0. The van der Waals surface area contributed by atoms with Gasteiger partial charge in [-0.2, -0.15) is 0 Å². The molecule has 0 aliphatic carbocycles. The summed E-state index contributed by atoms with van der Waals surface area (Å²) in [7, 11) is 4.71. The summed E-state index contributed by atoms with van der Waals surface area (Å²) >= 11 is 0. The summed E-state index contributed by atoms with van der Waals surface area (Å²) in [5.41, 5.74) is 2.29. The molecule has 1 heterocycles. The van der Waals surface area contributed by atoms with Crippen LogP contribution in [0.25, 0.3) is 0 Å². The number of fused-ring (bicyclic) bond motifs is 1. The predicted octanol–water partition coefficient (Wildman–Crippen LogP) is 3.17. The molecule has 0 aromatic heterocycles. The molecular weight excluding hydrogens is 296 g/mol. The molecule has 5 heteroatoms. The molecule has 5 nitrogen and oxygen atoms in total. The molecule has 3 rings (SSSR count). The summed E-state index contributed by atoms with van der Waals surface area (Å²) < 4.78 is 21.4. The van der Waals surface area contributed by atoms with Gasteiger partial charge in [0, 0.05) is 6.42 Å². The SMILES string of the molecule is COc1ccc([C@@H]2Cc3cccc(OC)c3C(=O)O2)cc1OC. The Balaban J connectivity index is 1.96. The van der Waals surface area contributed by atoms with Crippen LogP contribution in [-0.2, 0) is 11.2 Å². The molecule has 2 aromatic carbocycles. The second-order valence-electron chi connectivity index (χ2n) is 5.21. The van der Waals surface area contributed by atoms with Gasteiger partial charge in [0.2, 0.25) is 0 Å². The van der Waals surface area contributed by atoms with E-state index >= 15 is 0 Å². The zero-order chi connectivity index (χ0) is 16.4. The molecule has 0 spiro atoms. The molecule has 23 heavy (non-hydrogen) atoms. The highest BCUT2D eigenvalue weighted by molar-refractivity contribution is 5.95. The molecule has 1 atom stereocenters. The van der Waals surface area contributed by atoms with Crippen molar-refractivity contribution < 1.29 is 23.7 Å². The average molecular weight is 314 g/mol. The van der Waals surface area contributed by atoms with Gasteiger partial charge in [-0.1, -0.05) is 18.2 Å². The topological polar surface area (TPSA) is 54.0 Å². The number of ether oxygens (including phenoxy) is 4. The van der Waals surface area contributed by atoms with Crippen molar-refractivity contribution >= 4 is 5.97 Å². The Morgan fingerprint density at radius 3 is 2.39 bits per heavy atom. The van der Waals surface area contributed by atoms with Crippen LogP contribution in [-0.4, -0.2) is 27.3 Å². The van der Waals surface area contributed by atoms with Gasteiger partial charge in [-0.3, -0.25) is 0 Å². The van der Waals surface area contributed by atoms with E-state index in [0.717, 1.165) is 11.1 Å². The molecule has 1 aliphatic heterocycles. The van der Waals surface area contributed by atoms with E-state index in [4.69, 9.17) is 18.9 Å². The molecule has 0 saturated carbocycles. The van der Waals surface area contributed by atoms with Gasteiger partial charge in [-0.05, 0) is 29.3 Å². The molecular formula is C18H18O5. The second-order valence-corrected chi connectivity index (χ2v) is 5.21. The van der Waals surface area contributed by atoms with Gasteiger partial charge in [-0.25, -0.2) is 4.79 Å². The number of cyclic esters (lactones) is 1. The minimum Gasteiger partial charge on any atom is -0.496 e. The third-order valence-corrected chi connectivity index (χ3v) is 3.97. The Kier molecular flexibility index (Phi) is 4.10. The summed E-state index contributed by atoms with van der Waals surface area (Å²) in [4.78, 5) is 12.4. The lowest BCUT2D eigenvalue weighted by molar-refractivity contribution is 0.0247. The fraction of sp³-hybridized carbons (Fsp3) is 0.278. The summed E-state index contributed by atoms with van der Waals surface area (Å²) in [6, 6.07) is 11.1. The number of benzene rings is 2. The Morgan fingerprint density at radius 2 is 1.70 bits per heavy atom. The molecule has 0 fully saturated rings. The molecule has 0 N–H and O–H groups in total. The number of hydrogen-bond acceptors (Lipinski definition) is 5. The van der Waals surface area contributed by atoms with Crippen molar-refractivity contribution in [1.82, 2.24) is 0 Å². The Bertz CT molecular complexity index is 738. The fourth-order valence-corrected chi connectivity index (χ4v) is 2.82. The van der Waals surface area contributed by atoms with E-state index < -0.39 is 0 Å². The molecule has 120 valence electrons. The third-order valence-electron chi connectivity index (χ3n) is 3.97. The number of rotatable bonds is 4. The molecule has 2 aromatic rings. The standard InChI is InChI=1S/C18H18O5/c1-20-13-8-7-11(9-16(13)22-3)15-10-12-5-4-6-14(21-2)17(12)18(19)23-15/h4-9,15H,10H2,1-3H3/t15-/m0/s1. The van der Waals surface area contributed by atoms with Gasteiger partial charge in [0.05, 0.1) is 21.3 Å². The zero-order valence-corrected chi connectivity index (χ0v) is 13.3. The van der Waals surface area contributed by atoms with Crippen molar-refractivity contribution in [3.8, 4) is 17.2 Å². The van der Waals surface area contributed by atoms with E-state index in [-0.39, 0.29) is 12.1 Å². The van der Waals surface area contributed by atoms with Crippen LogP contribution >= 0.6 is 0 Å². The van der Waals surface area contributed by atoms with E-state index in [1.807, 2.05) is 30.3 Å². The van der Waals surface area contributed by atoms with Crippen molar-refractivity contribution in [2.75, 3.05) is 21.3 Å². The number of esters is 1. The molecule has 1 aliphatic rings. The van der Waals surface area contributed by atoms with Crippen LogP contribution in [0.2, 0.25) is 0 Å². The van der Waals surface area contributed by atoms with Crippen LogP contribution in [0, 0.1) is 0 Å². The van der Waals surface area contributed by atoms with Crippen LogP contribution in [0.5, 0.6) is 17.2 Å². The zero-order valence-electron chi connectivity index (χ0n) is 13.3. The van der Waals surface area contributed by atoms with E-state index in [2.05, 4.69) is 0 Å². The van der Waals surface area contributed by atoms with E-state index in [9.17, 15) is 4.79 Å². The van der Waals surface area contributed by atoms with Gasteiger partial charge in [-0.15, -0.1) is 0 Å². The van der Waals surface area contributed by atoms with Crippen molar-refractivity contribution in [3.63, 3.8) is 0 Å². The van der Waals surface area contributed by atoms with Gasteiger partial charge in [0.1, 0.15) is 17.4 Å². The Morgan fingerprint density at radius 1 is 0.957 bits per heavy atom. The van der Waals surface area contributed by atoms with Crippen LogP contribution < -0.4 is 14.2 Å². The van der Waals surface area contributed by atoms with Crippen molar-refractivity contribution in [1.29, 1.82) is 0 Å². The summed E-state index contributed by atoms with van der Waals surface area (Å²) in [5.74, 6) is 1.42. The van der Waals surface area contributed by atoms with Crippen LogP contribution in [0.1, 0.15) is 27.6 Å². The van der Waals surface area contributed by atoms with Gasteiger partial charge in [0.15, 0.2) is 11.5 Å². The van der Waals surface area contributed by atoms with E-state index in [1.54, 1.807) is 27.4 Å². The van der Waals surface area contributed by atoms with E-state index in [0.29, 0.717) is 29.2 Å². The fourth-order valence-electron chi connectivity index (χ4n) is 2.82. The second kappa shape index (κ2) is 6.20. The first-order valence-corrected chi connectivity index (χ1v) is 7.26. The molecule has 0 bridgehead atoms. The smallest absolute Gasteiger partial charge is 0.342 e. The number of carbonyl (C=O) groups is 1. The molecule has 0 radical (unpaired) electrons. The maximum atomic E-state index is 12.4. The molecule has 0 amide bonds. The molecule has 0 unspecified atom stereocenters. The monoisotopic (exact) mass is 314 g/mol. The quantitative estimate of drug-likeness (QED) is 0.811. The maximum Gasteiger partial charge on any atom is 0.342 e. The predicted molar refractivity (Wildman–Crippen MR) is 84.4 cm³/mol. The summed E-state index contributed by atoms with van der Waals surface area (Å²) in [6.45, 7) is 0. The van der Waals surface area contributed by atoms with Gasteiger partial charge in [0.25, 0.3) is 0 Å². The Hall–Kier alpha value is -2.69. The first kappa shape index (κ1) is 15.2. The third kappa shape index (κ3) is 2.70. The minimum absolute atomic E-state index is 0.359. The first-order chi connectivity index (χ1) is 11.2. The van der Waals surface area contributed by atoms with Crippen LogP contribution in [0.4, 0.5) is 0 Å². The van der Waals surface area contributed by atoms with Crippen molar-refractivity contribution in [2.45, 2.75) is 12.5 Å². The number of methoxy groups -OCH3 is 3. The Labute approximate surface area is 134 Å². The maximum absolute atomic E-state index is 12.4. The minimum atomic E-state index is -0.372. The first-order valence-electron chi connectivity index (χ1n) is 7.26. The van der Waals surface area contributed by atoms with E-state index in [1.165, 1.54) is 0 Å². The van der Waals surface area contributed by atoms with Gasteiger partial charge >= 0.3 is 5.97 Å². The lowest BCUT2D eigenvalue weighted by atomic mass is 9.94. The normalized spacial score (nSPS) is 16.3. The van der Waals surface area contributed by atoms with Crippen LogP contribution in [0.15, 0.2) is 36.4 Å². The lowest BCUT2D eigenvalue weighted by Gasteiger charge is -2.26. The highest BCUT2D eigenvalue weighted by atomic mass is 16.5. The average Bonchev–Trinajstić information content (AvgIpc) is 2.60. The molecule has 0 saturated heterocycles. The highest BCUT2D eigenvalue weighted by Gasteiger charge is 2.30. The van der Waals surface area contributed by atoms with Crippen LogP contribution in [0.3, 0.4) is 0 Å². The van der Waals surface area contributed by atoms with Crippen molar-refractivity contribution in [2.24, 2.45) is 0 Å².